The summed E-state index contributed by atoms with van der Waals surface area (Å²) in [5, 5.41) is 9.26. The Kier molecular flexibility index (Phi) is 6.23. The molecule has 0 saturated heterocycles. The molecule has 3 nitrogen and oxygen atoms in total. The van der Waals surface area contributed by atoms with Crippen LogP contribution in [-0.4, -0.2) is 23.9 Å². The van der Waals surface area contributed by atoms with E-state index in [0.29, 0.717) is 18.8 Å². The van der Waals surface area contributed by atoms with Crippen molar-refractivity contribution in [3.05, 3.63) is 0 Å². The molecule has 0 aliphatic heterocycles. The quantitative estimate of drug-likeness (QED) is 0.713. The van der Waals surface area contributed by atoms with Crippen LogP contribution in [0.2, 0.25) is 0 Å². The van der Waals surface area contributed by atoms with Crippen LogP contribution in [0.4, 0.5) is 0 Å². The summed E-state index contributed by atoms with van der Waals surface area (Å²) in [6.45, 7) is 10.2. The van der Waals surface area contributed by atoms with Crippen molar-refractivity contribution in [2.24, 2.45) is 11.3 Å². The minimum atomic E-state index is -0.833. The highest BCUT2D eigenvalue weighted by Crippen LogP contribution is 2.29. The van der Waals surface area contributed by atoms with Crippen LogP contribution in [0, 0.1) is 22.7 Å². The van der Waals surface area contributed by atoms with Crippen molar-refractivity contribution in [3.8, 4) is 6.07 Å². The summed E-state index contributed by atoms with van der Waals surface area (Å²) >= 11 is 0. The maximum absolute atomic E-state index is 12.4. The molecule has 17 heavy (non-hydrogen) atoms. The zero-order valence-electron chi connectivity index (χ0n) is 12.1. The van der Waals surface area contributed by atoms with E-state index in [4.69, 9.17) is 0 Å². The van der Waals surface area contributed by atoms with Crippen LogP contribution in [-0.2, 0) is 4.79 Å². The molecule has 0 aliphatic rings. The molecule has 0 bridgehead atoms. The first kappa shape index (κ1) is 16.0. The summed E-state index contributed by atoms with van der Waals surface area (Å²) in [7, 11) is 1.81. The van der Waals surface area contributed by atoms with Crippen molar-refractivity contribution in [1.82, 2.24) is 4.90 Å². The van der Waals surface area contributed by atoms with E-state index in [2.05, 4.69) is 19.9 Å². The lowest BCUT2D eigenvalue weighted by molar-refractivity contribution is -0.140. The normalized spacial score (nSPS) is 13.3. The number of hydrogen-bond acceptors (Lipinski definition) is 2. The largest absolute Gasteiger partial charge is 0.342 e. The third-order valence-corrected chi connectivity index (χ3v) is 3.62. The fourth-order valence-corrected chi connectivity index (χ4v) is 2.14. The predicted octanol–water partition coefficient (Wildman–Crippen LogP) is 3.21. The zero-order valence-corrected chi connectivity index (χ0v) is 12.1. The second-order valence-electron chi connectivity index (χ2n) is 5.30. The molecule has 3 heteroatoms. The molecule has 0 aromatic rings. The van der Waals surface area contributed by atoms with E-state index in [0.717, 1.165) is 6.42 Å². The van der Waals surface area contributed by atoms with Crippen molar-refractivity contribution in [3.63, 3.8) is 0 Å². The molecule has 0 rings (SSSR count). The molecule has 0 aromatic carbocycles. The third kappa shape index (κ3) is 3.73. The van der Waals surface area contributed by atoms with Gasteiger partial charge in [0.05, 0.1) is 6.07 Å². The van der Waals surface area contributed by atoms with Gasteiger partial charge < -0.3 is 4.90 Å². The van der Waals surface area contributed by atoms with E-state index in [1.54, 1.807) is 4.90 Å². The summed E-state index contributed by atoms with van der Waals surface area (Å²) in [5.74, 6) is 0.526. The van der Waals surface area contributed by atoms with Gasteiger partial charge >= 0.3 is 0 Å². The Bertz CT molecular complexity index is 287. The molecule has 0 N–H and O–H groups in total. The molecule has 0 aromatic heterocycles. The van der Waals surface area contributed by atoms with Crippen LogP contribution in [0.3, 0.4) is 0 Å². The first-order valence-corrected chi connectivity index (χ1v) is 6.53. The first-order chi connectivity index (χ1) is 7.84. The fraction of sp³-hybridized carbons (Fsp3) is 0.857. The second kappa shape index (κ2) is 6.64. The zero-order chi connectivity index (χ0) is 13.6. The van der Waals surface area contributed by atoms with Gasteiger partial charge in [0.1, 0.15) is 5.41 Å². The van der Waals surface area contributed by atoms with Crippen molar-refractivity contribution in [2.75, 3.05) is 7.05 Å². The van der Waals surface area contributed by atoms with Gasteiger partial charge in [-0.2, -0.15) is 5.26 Å². The Morgan fingerprint density at radius 3 is 2.06 bits per heavy atom. The molecule has 0 spiro atoms. The molecule has 1 atom stereocenters. The van der Waals surface area contributed by atoms with Gasteiger partial charge in [0.15, 0.2) is 0 Å². The molecule has 1 unspecified atom stereocenters. The van der Waals surface area contributed by atoms with Crippen LogP contribution in [0.5, 0.6) is 0 Å². The summed E-state index contributed by atoms with van der Waals surface area (Å²) in [5.41, 5.74) is -0.833. The highest BCUT2D eigenvalue weighted by molar-refractivity contribution is 5.85. The Morgan fingerprint density at radius 2 is 1.76 bits per heavy atom. The van der Waals surface area contributed by atoms with Crippen LogP contribution in [0.1, 0.15) is 53.9 Å². The third-order valence-electron chi connectivity index (χ3n) is 3.62. The molecular weight excluding hydrogens is 212 g/mol. The highest BCUT2D eigenvalue weighted by atomic mass is 16.2. The Labute approximate surface area is 106 Å². The molecule has 0 fully saturated rings. The monoisotopic (exact) mass is 238 g/mol. The van der Waals surface area contributed by atoms with Gasteiger partial charge in [-0.3, -0.25) is 4.79 Å². The molecule has 98 valence electrons. The van der Waals surface area contributed by atoms with Crippen molar-refractivity contribution >= 4 is 5.91 Å². The van der Waals surface area contributed by atoms with Gasteiger partial charge in [-0.15, -0.1) is 0 Å². The number of nitrogens with zero attached hydrogens (tertiary/aromatic N) is 2. The van der Waals surface area contributed by atoms with E-state index in [-0.39, 0.29) is 11.9 Å². The lowest BCUT2D eigenvalue weighted by Gasteiger charge is -2.33. The molecular formula is C14H26N2O. The smallest absolute Gasteiger partial charge is 0.243 e. The van der Waals surface area contributed by atoms with E-state index in [1.165, 1.54) is 0 Å². The van der Waals surface area contributed by atoms with Gasteiger partial charge in [0, 0.05) is 13.1 Å². The van der Waals surface area contributed by atoms with E-state index in [9.17, 15) is 10.1 Å². The van der Waals surface area contributed by atoms with E-state index < -0.39 is 5.41 Å². The van der Waals surface area contributed by atoms with E-state index >= 15 is 0 Å². The van der Waals surface area contributed by atoms with Crippen molar-refractivity contribution in [2.45, 2.75) is 59.9 Å². The number of carbonyl (C=O) groups is 1. The molecule has 0 radical (unpaired) electrons. The van der Waals surface area contributed by atoms with Gasteiger partial charge in [0.25, 0.3) is 0 Å². The summed E-state index contributed by atoms with van der Waals surface area (Å²) in [6, 6.07) is 2.40. The Morgan fingerprint density at radius 1 is 1.29 bits per heavy atom. The standard InChI is InChI=1S/C14H26N2O/c1-7-14(8-2,10-15)13(17)16(6)12(5)9-11(3)4/h11-12H,7-9H2,1-6H3. The van der Waals surface area contributed by atoms with Crippen molar-refractivity contribution in [1.29, 1.82) is 5.26 Å². The topological polar surface area (TPSA) is 44.1 Å². The highest BCUT2D eigenvalue weighted by Gasteiger charge is 2.38. The molecule has 1 amide bonds. The van der Waals surface area contributed by atoms with Gasteiger partial charge in [-0.1, -0.05) is 27.7 Å². The predicted molar refractivity (Wildman–Crippen MR) is 70.3 cm³/mol. The Balaban J connectivity index is 4.85. The fourth-order valence-electron chi connectivity index (χ4n) is 2.14. The number of nitriles is 1. The van der Waals surface area contributed by atoms with Crippen LogP contribution in [0.15, 0.2) is 0 Å². The SMILES string of the molecule is CCC(C#N)(CC)C(=O)N(C)C(C)CC(C)C. The summed E-state index contributed by atoms with van der Waals surface area (Å²) < 4.78 is 0. The summed E-state index contributed by atoms with van der Waals surface area (Å²) in [6.07, 6.45) is 2.13. The maximum Gasteiger partial charge on any atom is 0.243 e. The van der Waals surface area contributed by atoms with Crippen LogP contribution in [0.25, 0.3) is 0 Å². The Hall–Kier alpha value is -1.04. The van der Waals surface area contributed by atoms with Crippen molar-refractivity contribution < 1.29 is 4.79 Å². The molecule has 0 saturated carbocycles. The average Bonchev–Trinajstić information content (AvgIpc) is 2.30. The maximum atomic E-state index is 12.4. The average molecular weight is 238 g/mol. The number of amides is 1. The minimum Gasteiger partial charge on any atom is -0.342 e. The second-order valence-corrected chi connectivity index (χ2v) is 5.30. The lowest BCUT2D eigenvalue weighted by atomic mass is 9.82. The number of rotatable bonds is 6. The number of carbonyl (C=O) groups excluding carboxylic acids is 1. The number of hydrogen-bond donors (Lipinski definition) is 0. The molecule has 0 heterocycles. The van der Waals surface area contributed by atoms with Gasteiger partial charge in [0.2, 0.25) is 5.91 Å². The minimum absolute atomic E-state index is 0.0295. The summed E-state index contributed by atoms with van der Waals surface area (Å²) in [4.78, 5) is 14.1. The van der Waals surface area contributed by atoms with E-state index in [1.807, 2.05) is 27.8 Å². The van der Waals surface area contributed by atoms with Crippen LogP contribution >= 0.6 is 0 Å². The molecule has 0 aliphatic carbocycles. The van der Waals surface area contributed by atoms with Gasteiger partial charge in [-0.25, -0.2) is 0 Å². The first-order valence-electron chi connectivity index (χ1n) is 6.53. The van der Waals surface area contributed by atoms with Gasteiger partial charge in [-0.05, 0) is 32.1 Å². The lowest BCUT2D eigenvalue weighted by Crippen LogP contribution is -2.45. The van der Waals surface area contributed by atoms with Crippen LogP contribution < -0.4 is 0 Å².